The second kappa shape index (κ2) is 6.10. The van der Waals surface area contributed by atoms with Gasteiger partial charge in [-0.15, -0.1) is 0 Å². The molecule has 26 heavy (non-hydrogen) atoms. The number of hydrogen-bond acceptors (Lipinski definition) is 6. The number of nitrogens with zero attached hydrogens (tertiary/aromatic N) is 3. The maximum Gasteiger partial charge on any atom is 0.325 e. The monoisotopic (exact) mass is 416 g/mol. The van der Waals surface area contributed by atoms with Crippen molar-refractivity contribution in [1.29, 1.82) is 0 Å². The van der Waals surface area contributed by atoms with E-state index in [2.05, 4.69) is 31.4 Å². The average Bonchev–Trinajstić information content (AvgIpc) is 3.34. The van der Waals surface area contributed by atoms with Crippen LogP contribution in [0.15, 0.2) is 56.1 Å². The second-order valence-electron chi connectivity index (χ2n) is 5.95. The summed E-state index contributed by atoms with van der Waals surface area (Å²) in [6.07, 6.45) is 1.45. The minimum absolute atomic E-state index is 0.123. The van der Waals surface area contributed by atoms with Gasteiger partial charge < -0.3 is 14.3 Å². The van der Waals surface area contributed by atoms with Gasteiger partial charge in [-0.3, -0.25) is 9.69 Å². The van der Waals surface area contributed by atoms with Gasteiger partial charge in [0.25, 0.3) is 5.91 Å². The minimum atomic E-state index is -1.26. The average molecular weight is 417 g/mol. The Bertz CT molecular complexity index is 984. The summed E-state index contributed by atoms with van der Waals surface area (Å²) >= 11 is 3.38. The molecule has 0 aliphatic carbocycles. The van der Waals surface area contributed by atoms with Crippen LogP contribution in [0.2, 0.25) is 0 Å². The van der Waals surface area contributed by atoms with Gasteiger partial charge in [-0.25, -0.2) is 4.79 Å². The lowest BCUT2D eigenvalue weighted by Gasteiger charge is -2.18. The number of amides is 3. The third kappa shape index (κ3) is 2.70. The Balaban J connectivity index is 1.56. The summed E-state index contributed by atoms with van der Waals surface area (Å²) in [5, 5.41) is 6.56. The van der Waals surface area contributed by atoms with Crippen LogP contribution >= 0.6 is 15.9 Å². The van der Waals surface area contributed by atoms with Gasteiger partial charge >= 0.3 is 6.03 Å². The van der Waals surface area contributed by atoms with Gasteiger partial charge in [0, 0.05) is 10.0 Å². The molecule has 1 saturated heterocycles. The molecule has 1 aromatic carbocycles. The van der Waals surface area contributed by atoms with E-state index in [1.54, 1.807) is 19.1 Å². The molecule has 3 amide bonds. The molecule has 0 saturated carbocycles. The quantitative estimate of drug-likeness (QED) is 0.655. The Morgan fingerprint density at radius 1 is 1.27 bits per heavy atom. The highest BCUT2D eigenvalue weighted by Crippen LogP contribution is 2.30. The Morgan fingerprint density at radius 2 is 2.12 bits per heavy atom. The van der Waals surface area contributed by atoms with Crippen molar-refractivity contribution in [2.24, 2.45) is 0 Å². The zero-order chi connectivity index (χ0) is 18.3. The van der Waals surface area contributed by atoms with E-state index < -0.39 is 17.5 Å². The standard InChI is InChI=1S/C17H13BrN4O4/c1-17(12-6-3-7-25-12)15(23)22(16(24)20-17)9-13-19-14(21-26-13)10-4-2-5-11(18)8-10/h2-8H,9H2,1H3,(H,20,24). The number of halogens is 1. The van der Waals surface area contributed by atoms with Crippen molar-refractivity contribution in [1.82, 2.24) is 20.4 Å². The molecule has 4 rings (SSSR count). The molecule has 1 N–H and O–H groups in total. The van der Waals surface area contributed by atoms with Gasteiger partial charge in [0.15, 0.2) is 5.54 Å². The Kier molecular flexibility index (Phi) is 3.87. The van der Waals surface area contributed by atoms with Crippen LogP contribution in [0, 0.1) is 0 Å². The molecule has 9 heteroatoms. The third-order valence-electron chi connectivity index (χ3n) is 4.13. The van der Waals surface area contributed by atoms with E-state index in [0.29, 0.717) is 11.6 Å². The number of hydrogen-bond donors (Lipinski definition) is 1. The number of furan rings is 1. The maximum atomic E-state index is 12.7. The first kappa shape index (κ1) is 16.5. The molecule has 8 nitrogen and oxygen atoms in total. The van der Waals surface area contributed by atoms with Crippen LogP contribution in [0.1, 0.15) is 18.6 Å². The number of carbonyl (C=O) groups excluding carboxylic acids is 2. The van der Waals surface area contributed by atoms with Gasteiger partial charge in [-0.2, -0.15) is 4.98 Å². The summed E-state index contributed by atoms with van der Waals surface area (Å²) in [5.41, 5.74) is -0.500. The lowest BCUT2D eigenvalue weighted by Crippen LogP contribution is -2.40. The number of urea groups is 1. The number of nitrogens with one attached hydrogen (secondary N) is 1. The van der Waals surface area contributed by atoms with Crippen LogP contribution in [0.3, 0.4) is 0 Å². The van der Waals surface area contributed by atoms with E-state index in [4.69, 9.17) is 8.94 Å². The second-order valence-corrected chi connectivity index (χ2v) is 6.86. The first-order chi connectivity index (χ1) is 12.5. The molecule has 0 radical (unpaired) electrons. The summed E-state index contributed by atoms with van der Waals surface area (Å²) in [6.45, 7) is 1.47. The summed E-state index contributed by atoms with van der Waals surface area (Å²) in [5.74, 6) is 0.452. The van der Waals surface area contributed by atoms with Gasteiger partial charge in [0.2, 0.25) is 11.7 Å². The van der Waals surface area contributed by atoms with E-state index in [0.717, 1.165) is 14.9 Å². The summed E-state index contributed by atoms with van der Waals surface area (Å²) in [7, 11) is 0. The van der Waals surface area contributed by atoms with Crippen molar-refractivity contribution in [2.75, 3.05) is 0 Å². The maximum absolute atomic E-state index is 12.7. The van der Waals surface area contributed by atoms with E-state index in [9.17, 15) is 9.59 Å². The van der Waals surface area contributed by atoms with Crippen LogP contribution in [0.5, 0.6) is 0 Å². The van der Waals surface area contributed by atoms with E-state index in [-0.39, 0.29) is 12.4 Å². The molecule has 3 heterocycles. The minimum Gasteiger partial charge on any atom is -0.466 e. The van der Waals surface area contributed by atoms with Crippen LogP contribution < -0.4 is 5.32 Å². The normalized spacial score (nSPS) is 19.8. The Morgan fingerprint density at radius 3 is 2.85 bits per heavy atom. The molecule has 0 spiro atoms. The molecule has 1 fully saturated rings. The van der Waals surface area contributed by atoms with Crippen molar-refractivity contribution < 1.29 is 18.5 Å². The van der Waals surface area contributed by atoms with Crippen molar-refractivity contribution in [3.05, 3.63) is 58.8 Å². The predicted octanol–water partition coefficient (Wildman–Crippen LogP) is 3.06. The van der Waals surface area contributed by atoms with Crippen LogP contribution in [0.4, 0.5) is 4.79 Å². The number of benzene rings is 1. The molecule has 1 unspecified atom stereocenters. The highest BCUT2D eigenvalue weighted by Gasteiger charge is 2.51. The zero-order valence-corrected chi connectivity index (χ0v) is 15.2. The first-order valence-corrected chi connectivity index (χ1v) is 8.53. The van der Waals surface area contributed by atoms with Gasteiger partial charge in [0.05, 0.1) is 6.26 Å². The highest BCUT2D eigenvalue weighted by molar-refractivity contribution is 9.10. The number of aromatic nitrogens is 2. The van der Waals surface area contributed by atoms with E-state index in [1.807, 2.05) is 24.3 Å². The zero-order valence-electron chi connectivity index (χ0n) is 13.6. The first-order valence-electron chi connectivity index (χ1n) is 7.74. The molecular weight excluding hydrogens is 404 g/mol. The smallest absolute Gasteiger partial charge is 0.325 e. The molecule has 3 aromatic rings. The molecule has 1 aliphatic rings. The van der Waals surface area contributed by atoms with Crippen LogP contribution in [-0.4, -0.2) is 27.0 Å². The van der Waals surface area contributed by atoms with E-state index in [1.165, 1.54) is 6.26 Å². The van der Waals surface area contributed by atoms with Crippen LogP contribution in [0.25, 0.3) is 11.4 Å². The molecule has 1 aliphatic heterocycles. The molecule has 132 valence electrons. The number of carbonyl (C=O) groups is 2. The lowest BCUT2D eigenvalue weighted by molar-refractivity contribution is -0.132. The molecule has 2 aromatic heterocycles. The van der Waals surface area contributed by atoms with E-state index >= 15 is 0 Å². The molecular formula is C17H13BrN4O4. The Labute approximate surface area is 156 Å². The third-order valence-corrected chi connectivity index (χ3v) is 4.63. The summed E-state index contributed by atoms with van der Waals surface area (Å²) in [6, 6.07) is 10.2. The molecule has 0 bridgehead atoms. The summed E-state index contributed by atoms with van der Waals surface area (Å²) in [4.78, 5) is 30.3. The largest absolute Gasteiger partial charge is 0.466 e. The fourth-order valence-electron chi connectivity index (χ4n) is 2.77. The lowest BCUT2D eigenvalue weighted by atomic mass is 9.99. The number of imide groups is 1. The fourth-order valence-corrected chi connectivity index (χ4v) is 3.17. The summed E-state index contributed by atoms with van der Waals surface area (Å²) < 4.78 is 11.4. The Hall–Kier alpha value is -2.94. The van der Waals surface area contributed by atoms with Crippen LogP contribution in [-0.2, 0) is 16.9 Å². The fraction of sp³-hybridized carbons (Fsp3) is 0.176. The SMILES string of the molecule is CC1(c2ccco2)NC(=O)N(Cc2nc(-c3cccc(Br)c3)no2)C1=O. The molecule has 1 atom stereocenters. The van der Waals surface area contributed by atoms with Gasteiger partial charge in [-0.1, -0.05) is 33.2 Å². The van der Waals surface area contributed by atoms with Crippen molar-refractivity contribution in [3.63, 3.8) is 0 Å². The van der Waals surface area contributed by atoms with Gasteiger partial charge in [0.1, 0.15) is 12.3 Å². The van der Waals surface area contributed by atoms with Crippen molar-refractivity contribution in [2.45, 2.75) is 19.0 Å². The predicted molar refractivity (Wildman–Crippen MR) is 92.6 cm³/mol. The van der Waals surface area contributed by atoms with Crippen molar-refractivity contribution in [3.8, 4) is 11.4 Å². The highest BCUT2D eigenvalue weighted by atomic mass is 79.9. The van der Waals surface area contributed by atoms with Crippen molar-refractivity contribution >= 4 is 27.9 Å². The topological polar surface area (TPSA) is 101 Å². The number of rotatable bonds is 4. The van der Waals surface area contributed by atoms with Gasteiger partial charge in [-0.05, 0) is 31.2 Å².